The number of nitrogens with one attached hydrogen (secondary N) is 1. The minimum atomic E-state index is -0.794. The number of aliphatic hydroxyl groups is 2. The van der Waals surface area contributed by atoms with Crippen molar-refractivity contribution in [2.24, 2.45) is 34.4 Å². The number of nitrogens with zero attached hydrogens (tertiary/aromatic N) is 1. The van der Waals surface area contributed by atoms with E-state index in [-0.39, 0.29) is 11.8 Å². The average molecular weight is 482 g/mol. The van der Waals surface area contributed by atoms with Crippen molar-refractivity contribution in [3.8, 4) is 0 Å². The Morgan fingerprint density at radius 2 is 1.77 bits per heavy atom. The first-order chi connectivity index (χ1) is 16.8. The van der Waals surface area contributed by atoms with Crippen LogP contribution in [0.5, 0.6) is 0 Å². The molecular formula is C30H47N3O2. The minimum Gasteiger partial charge on any atom is -0.390 e. The van der Waals surface area contributed by atoms with Crippen LogP contribution in [-0.4, -0.2) is 40.5 Å². The summed E-state index contributed by atoms with van der Waals surface area (Å²) in [6.45, 7) is 7.81. The lowest BCUT2D eigenvalue weighted by Crippen LogP contribution is -2.43. The number of benzene rings is 1. The van der Waals surface area contributed by atoms with Gasteiger partial charge in [0.05, 0.1) is 11.2 Å². The lowest BCUT2D eigenvalue weighted by atomic mass is 9.72. The topological polar surface area (TPSA) is 90.9 Å². The minimum absolute atomic E-state index is 0.0906. The molecule has 3 aliphatic rings. The molecule has 3 aliphatic carbocycles. The third-order valence-electron chi connectivity index (χ3n) is 9.44. The zero-order valence-corrected chi connectivity index (χ0v) is 21.7. The first-order valence-electron chi connectivity index (χ1n) is 14.0. The number of fused-ring (bicyclic) bond motifs is 1. The molecule has 0 spiro atoms. The fraction of sp³-hybridized carbons (Fsp3) is 0.700. The lowest BCUT2D eigenvalue weighted by Gasteiger charge is -2.38. The summed E-state index contributed by atoms with van der Waals surface area (Å²) in [7, 11) is 0. The molecule has 0 aliphatic heterocycles. The molecule has 1 aromatic carbocycles. The number of guanidine groups is 1. The molecule has 0 radical (unpaired) electrons. The summed E-state index contributed by atoms with van der Waals surface area (Å²) in [6.07, 6.45) is 12.3. The second kappa shape index (κ2) is 11.5. The Morgan fingerprint density at radius 3 is 2.51 bits per heavy atom. The Balaban J connectivity index is 1.35. The molecule has 5 atom stereocenters. The molecule has 0 heterocycles. The van der Waals surface area contributed by atoms with E-state index in [1.165, 1.54) is 43.2 Å². The van der Waals surface area contributed by atoms with Crippen LogP contribution in [-0.2, 0) is 6.42 Å². The summed E-state index contributed by atoms with van der Waals surface area (Å²) in [4.78, 5) is 4.53. The molecule has 0 unspecified atom stereocenters. The monoisotopic (exact) mass is 481 g/mol. The van der Waals surface area contributed by atoms with Gasteiger partial charge in [0.2, 0.25) is 0 Å². The number of hydrogen-bond acceptors (Lipinski definition) is 3. The van der Waals surface area contributed by atoms with Gasteiger partial charge in [0.25, 0.3) is 0 Å². The van der Waals surface area contributed by atoms with Crippen molar-refractivity contribution in [1.82, 2.24) is 5.32 Å². The summed E-state index contributed by atoms with van der Waals surface area (Å²) in [5.41, 5.74) is 7.25. The highest BCUT2D eigenvalue weighted by Gasteiger charge is 2.54. The molecule has 35 heavy (non-hydrogen) atoms. The maximum atomic E-state index is 11.8. The van der Waals surface area contributed by atoms with Crippen LogP contribution in [0.1, 0.15) is 83.1 Å². The van der Waals surface area contributed by atoms with E-state index in [1.54, 1.807) is 0 Å². The number of allylic oxidation sites excluding steroid dienone is 1. The van der Waals surface area contributed by atoms with Gasteiger partial charge in [0, 0.05) is 13.1 Å². The second-order valence-electron chi connectivity index (χ2n) is 11.8. The van der Waals surface area contributed by atoms with Crippen LogP contribution in [0.2, 0.25) is 0 Å². The van der Waals surface area contributed by atoms with Crippen LogP contribution in [0.15, 0.2) is 47.5 Å². The predicted octanol–water partition coefficient (Wildman–Crippen LogP) is 4.97. The van der Waals surface area contributed by atoms with Crippen molar-refractivity contribution in [2.45, 2.75) is 95.2 Å². The van der Waals surface area contributed by atoms with Gasteiger partial charge in [-0.3, -0.25) is 4.99 Å². The van der Waals surface area contributed by atoms with Gasteiger partial charge in [-0.1, -0.05) is 61.7 Å². The Bertz CT molecular complexity index is 862. The Morgan fingerprint density at radius 1 is 1.03 bits per heavy atom. The molecule has 5 nitrogen and oxygen atoms in total. The van der Waals surface area contributed by atoms with E-state index in [4.69, 9.17) is 5.73 Å². The van der Waals surface area contributed by atoms with Crippen LogP contribution in [0, 0.1) is 23.7 Å². The van der Waals surface area contributed by atoms with Crippen molar-refractivity contribution >= 4 is 5.96 Å². The Kier molecular flexibility index (Phi) is 8.59. The molecule has 4 rings (SSSR count). The van der Waals surface area contributed by atoms with E-state index >= 15 is 0 Å². The van der Waals surface area contributed by atoms with Gasteiger partial charge >= 0.3 is 0 Å². The zero-order valence-electron chi connectivity index (χ0n) is 21.7. The molecule has 5 heteroatoms. The number of rotatable bonds is 8. The van der Waals surface area contributed by atoms with E-state index in [0.717, 1.165) is 45.1 Å². The third kappa shape index (κ3) is 6.48. The first kappa shape index (κ1) is 26.2. The zero-order chi connectivity index (χ0) is 24.9. The quantitative estimate of drug-likeness (QED) is 0.240. The average Bonchev–Trinajstić information content (AvgIpc) is 3.11. The largest absolute Gasteiger partial charge is 0.390 e. The van der Waals surface area contributed by atoms with Crippen molar-refractivity contribution < 1.29 is 10.2 Å². The van der Waals surface area contributed by atoms with Gasteiger partial charge in [-0.05, 0) is 93.9 Å². The summed E-state index contributed by atoms with van der Waals surface area (Å²) in [5, 5.41) is 26.4. The molecule has 0 saturated heterocycles. The number of aliphatic imine (C=N–C) groups is 1. The highest BCUT2D eigenvalue weighted by molar-refractivity contribution is 5.77. The molecule has 194 valence electrons. The highest BCUT2D eigenvalue weighted by atomic mass is 16.3. The molecule has 3 fully saturated rings. The van der Waals surface area contributed by atoms with Gasteiger partial charge < -0.3 is 21.3 Å². The maximum absolute atomic E-state index is 11.8. The molecular weight excluding hydrogens is 434 g/mol. The summed E-state index contributed by atoms with van der Waals surface area (Å²) >= 11 is 0. The van der Waals surface area contributed by atoms with Crippen LogP contribution >= 0.6 is 0 Å². The molecule has 0 bridgehead atoms. The second-order valence-corrected chi connectivity index (χ2v) is 11.8. The maximum Gasteiger partial charge on any atom is 0.188 e. The predicted molar refractivity (Wildman–Crippen MR) is 144 cm³/mol. The standard InChI is InChI=1S/C30H47N3O2/c1-22(24-11-7-4-8-12-24)25-13-16-29(2,34)26-14-17-30(35,27(26)21-25)18-20-33-28(31)32-19-15-23-9-5-3-6-10-23/h3,5-6,9-10,24-27,34-35H,1,4,7-8,11-21H2,2H3,(H3,31,32,33)/t25-,26-,27-,29+,30+/m0/s1. The van der Waals surface area contributed by atoms with E-state index in [1.807, 2.05) is 25.1 Å². The molecule has 3 saturated carbocycles. The molecule has 0 aromatic heterocycles. The van der Waals surface area contributed by atoms with E-state index in [0.29, 0.717) is 30.8 Å². The van der Waals surface area contributed by atoms with Crippen LogP contribution in [0.25, 0.3) is 0 Å². The Hall–Kier alpha value is -1.85. The SMILES string of the molecule is C=C(C1CCCCC1)[C@H]1CC[C@@](C)(O)[C@H]2CC[C@@](O)(CCN=C(N)NCCc3ccccc3)[C@H]2C1. The number of nitrogens with two attached hydrogens (primary N) is 1. The number of hydrogen-bond donors (Lipinski definition) is 4. The highest BCUT2D eigenvalue weighted by Crippen LogP contribution is 2.55. The van der Waals surface area contributed by atoms with Gasteiger partial charge in [0.15, 0.2) is 5.96 Å². The van der Waals surface area contributed by atoms with Gasteiger partial charge in [-0.15, -0.1) is 0 Å². The fourth-order valence-corrected chi connectivity index (χ4v) is 7.23. The summed E-state index contributed by atoms with van der Waals surface area (Å²) in [6, 6.07) is 10.3. The van der Waals surface area contributed by atoms with Crippen LogP contribution < -0.4 is 11.1 Å². The third-order valence-corrected chi connectivity index (χ3v) is 9.44. The summed E-state index contributed by atoms with van der Waals surface area (Å²) in [5.74, 6) is 1.69. The van der Waals surface area contributed by atoms with E-state index in [2.05, 4.69) is 29.0 Å². The smallest absolute Gasteiger partial charge is 0.188 e. The van der Waals surface area contributed by atoms with Crippen LogP contribution in [0.3, 0.4) is 0 Å². The lowest BCUT2D eigenvalue weighted by molar-refractivity contribution is -0.0638. The normalized spacial score (nSPS) is 34.3. The van der Waals surface area contributed by atoms with Gasteiger partial charge in [0.1, 0.15) is 0 Å². The van der Waals surface area contributed by atoms with Crippen LogP contribution in [0.4, 0.5) is 0 Å². The van der Waals surface area contributed by atoms with Crippen molar-refractivity contribution in [3.63, 3.8) is 0 Å². The van der Waals surface area contributed by atoms with Gasteiger partial charge in [-0.2, -0.15) is 0 Å². The van der Waals surface area contributed by atoms with Crippen molar-refractivity contribution in [3.05, 3.63) is 48.0 Å². The molecule has 5 N–H and O–H groups in total. The fourth-order valence-electron chi connectivity index (χ4n) is 7.23. The van der Waals surface area contributed by atoms with Crippen molar-refractivity contribution in [2.75, 3.05) is 13.1 Å². The van der Waals surface area contributed by atoms with E-state index < -0.39 is 11.2 Å². The molecule has 0 amide bonds. The van der Waals surface area contributed by atoms with E-state index in [9.17, 15) is 10.2 Å². The molecule has 1 aromatic rings. The van der Waals surface area contributed by atoms with Gasteiger partial charge in [-0.25, -0.2) is 0 Å². The first-order valence-corrected chi connectivity index (χ1v) is 14.0. The Labute approximate surface area is 212 Å². The summed E-state index contributed by atoms with van der Waals surface area (Å²) < 4.78 is 0. The van der Waals surface area contributed by atoms with Crippen molar-refractivity contribution in [1.29, 1.82) is 0 Å².